The summed E-state index contributed by atoms with van der Waals surface area (Å²) < 4.78 is 6.43. The quantitative estimate of drug-likeness (QED) is 0.399. The van der Waals surface area contributed by atoms with Crippen LogP contribution in [0.2, 0.25) is 19.6 Å². The molecule has 0 aliphatic rings. The summed E-state index contributed by atoms with van der Waals surface area (Å²) in [7, 11) is -1.60. The minimum Gasteiger partial charge on any atom is -0.547 e. The van der Waals surface area contributed by atoms with Crippen LogP contribution < -0.4 is 0 Å². The molecule has 0 radical (unpaired) electrons. The van der Waals surface area contributed by atoms with Crippen LogP contribution in [0.15, 0.2) is 42.2 Å². The Morgan fingerprint density at radius 1 is 1.14 bits per heavy atom. The minimum atomic E-state index is -1.60. The Morgan fingerprint density at radius 3 is 2.18 bits per heavy atom. The summed E-state index contributed by atoms with van der Waals surface area (Å²) in [5, 5.41) is 0. The molecule has 1 rings (SSSR count). The van der Waals surface area contributed by atoms with Crippen molar-refractivity contribution in [1.29, 1.82) is 0 Å². The van der Waals surface area contributed by atoms with Gasteiger partial charge in [-0.2, -0.15) is 0 Å². The molecule has 0 saturated carbocycles. The second-order valence-corrected chi connectivity index (χ2v) is 12.6. The molecule has 0 aromatic heterocycles. The van der Waals surface area contributed by atoms with Crippen LogP contribution in [0.3, 0.4) is 0 Å². The van der Waals surface area contributed by atoms with Gasteiger partial charge in [0.15, 0.2) is 0 Å². The third-order valence-electron chi connectivity index (χ3n) is 3.60. The third kappa shape index (κ3) is 6.82. The average Bonchev–Trinajstić information content (AvgIpc) is 2.40. The summed E-state index contributed by atoms with van der Waals surface area (Å²) in [5.74, 6) is 1.61. The normalized spacial score (nSPS) is 14.8. The van der Waals surface area contributed by atoms with Gasteiger partial charge >= 0.3 is 0 Å². The number of hydrogen-bond acceptors (Lipinski definition) is 1. The molecule has 0 aliphatic carbocycles. The summed E-state index contributed by atoms with van der Waals surface area (Å²) >= 11 is 0. The molecule has 1 unspecified atom stereocenters. The molecule has 0 amide bonds. The van der Waals surface area contributed by atoms with Crippen molar-refractivity contribution in [3.63, 3.8) is 0 Å². The second-order valence-electron chi connectivity index (χ2n) is 8.15. The molecule has 0 aliphatic heterocycles. The number of hydrogen-bond donors (Lipinski definition) is 0. The Morgan fingerprint density at radius 2 is 1.73 bits per heavy atom. The van der Waals surface area contributed by atoms with E-state index in [0.29, 0.717) is 5.92 Å². The number of rotatable bonds is 7. The van der Waals surface area contributed by atoms with Crippen molar-refractivity contribution in [3.8, 4) is 0 Å². The second kappa shape index (κ2) is 8.01. The van der Waals surface area contributed by atoms with Crippen LogP contribution >= 0.6 is 0 Å². The monoisotopic (exact) mass is 318 g/mol. The van der Waals surface area contributed by atoms with E-state index in [1.54, 1.807) is 0 Å². The molecular formula is C20H34OSi. The lowest BCUT2D eigenvalue weighted by molar-refractivity contribution is 0.285. The first kappa shape index (κ1) is 19.0. The number of benzene rings is 1. The molecule has 0 saturated heterocycles. The highest BCUT2D eigenvalue weighted by Gasteiger charge is 2.26. The Bertz CT molecular complexity index is 463. The van der Waals surface area contributed by atoms with Crippen molar-refractivity contribution >= 4 is 8.32 Å². The van der Waals surface area contributed by atoms with Crippen molar-refractivity contribution in [2.24, 2.45) is 5.41 Å². The van der Waals surface area contributed by atoms with Crippen molar-refractivity contribution in [2.45, 2.75) is 72.5 Å². The molecule has 2 heteroatoms. The van der Waals surface area contributed by atoms with Gasteiger partial charge in [-0.1, -0.05) is 70.9 Å². The molecule has 124 valence electrons. The van der Waals surface area contributed by atoms with Gasteiger partial charge in [-0.05, 0) is 37.7 Å². The minimum absolute atomic E-state index is 0.0551. The lowest BCUT2D eigenvalue weighted by Gasteiger charge is -2.32. The van der Waals surface area contributed by atoms with E-state index in [1.807, 2.05) is 0 Å². The molecule has 0 bridgehead atoms. The zero-order valence-corrected chi connectivity index (χ0v) is 16.6. The van der Waals surface area contributed by atoms with Crippen LogP contribution in [-0.2, 0) is 4.43 Å². The molecule has 0 fully saturated rings. The molecule has 1 atom stereocenters. The van der Waals surface area contributed by atoms with E-state index in [2.05, 4.69) is 83.7 Å². The fourth-order valence-electron chi connectivity index (χ4n) is 2.42. The summed E-state index contributed by atoms with van der Waals surface area (Å²) in [5.41, 5.74) is 1.45. The van der Waals surface area contributed by atoms with E-state index < -0.39 is 8.32 Å². The van der Waals surface area contributed by atoms with Crippen LogP contribution in [0.25, 0.3) is 0 Å². The van der Waals surface area contributed by atoms with Gasteiger partial charge in [-0.15, -0.1) is 0 Å². The van der Waals surface area contributed by atoms with E-state index in [4.69, 9.17) is 4.43 Å². The maximum absolute atomic E-state index is 6.43. The van der Waals surface area contributed by atoms with E-state index in [-0.39, 0.29) is 5.41 Å². The van der Waals surface area contributed by atoms with Crippen molar-refractivity contribution < 1.29 is 4.43 Å². The van der Waals surface area contributed by atoms with Gasteiger partial charge in [-0.25, -0.2) is 0 Å². The first-order valence-corrected chi connectivity index (χ1v) is 12.0. The average molecular weight is 319 g/mol. The van der Waals surface area contributed by atoms with Crippen molar-refractivity contribution in [1.82, 2.24) is 0 Å². The fourth-order valence-corrected chi connectivity index (χ4v) is 3.45. The Hall–Kier alpha value is -1.02. The van der Waals surface area contributed by atoms with Crippen LogP contribution in [-0.4, -0.2) is 8.32 Å². The summed E-state index contributed by atoms with van der Waals surface area (Å²) in [6.07, 6.45) is 6.07. The van der Waals surface area contributed by atoms with E-state index in [1.165, 1.54) is 24.8 Å². The SMILES string of the molecule is CCCCC(/C=C(\O[Si](C)(C)C)C(C)(C)C)c1ccccc1. The smallest absolute Gasteiger partial charge is 0.241 e. The van der Waals surface area contributed by atoms with Crippen LogP contribution in [0.4, 0.5) is 0 Å². The Labute approximate surface area is 138 Å². The largest absolute Gasteiger partial charge is 0.547 e. The maximum atomic E-state index is 6.43. The van der Waals surface area contributed by atoms with Crippen LogP contribution in [0.1, 0.15) is 58.4 Å². The van der Waals surface area contributed by atoms with Gasteiger partial charge in [0.1, 0.15) is 0 Å². The Balaban J connectivity index is 3.14. The maximum Gasteiger partial charge on any atom is 0.241 e. The number of allylic oxidation sites excluding steroid dienone is 2. The predicted octanol–water partition coefficient (Wildman–Crippen LogP) is 6.74. The van der Waals surface area contributed by atoms with Gasteiger partial charge < -0.3 is 4.43 Å². The van der Waals surface area contributed by atoms with Gasteiger partial charge in [0.05, 0.1) is 5.76 Å². The zero-order valence-electron chi connectivity index (χ0n) is 15.6. The van der Waals surface area contributed by atoms with E-state index in [0.717, 1.165) is 5.76 Å². The summed E-state index contributed by atoms with van der Waals surface area (Å²) in [4.78, 5) is 0. The molecule has 1 nitrogen and oxygen atoms in total. The lowest BCUT2D eigenvalue weighted by atomic mass is 9.87. The number of unbranched alkanes of at least 4 members (excludes halogenated alkanes) is 1. The molecule has 0 N–H and O–H groups in total. The lowest BCUT2D eigenvalue weighted by Crippen LogP contribution is -2.29. The molecule has 1 aromatic carbocycles. The zero-order chi connectivity index (χ0) is 16.8. The first-order valence-electron chi connectivity index (χ1n) is 8.59. The van der Waals surface area contributed by atoms with Gasteiger partial charge in [0.2, 0.25) is 8.32 Å². The highest BCUT2D eigenvalue weighted by atomic mass is 28.4. The highest BCUT2D eigenvalue weighted by Crippen LogP contribution is 2.34. The first-order chi connectivity index (χ1) is 10.1. The van der Waals surface area contributed by atoms with Gasteiger partial charge in [0.25, 0.3) is 0 Å². The van der Waals surface area contributed by atoms with Crippen LogP contribution in [0.5, 0.6) is 0 Å². The highest BCUT2D eigenvalue weighted by molar-refractivity contribution is 6.70. The van der Waals surface area contributed by atoms with Crippen molar-refractivity contribution in [2.75, 3.05) is 0 Å². The van der Waals surface area contributed by atoms with Crippen molar-refractivity contribution in [3.05, 3.63) is 47.7 Å². The predicted molar refractivity (Wildman–Crippen MR) is 101 cm³/mol. The molecule has 22 heavy (non-hydrogen) atoms. The summed E-state index contributed by atoms with van der Waals surface area (Å²) in [6.45, 7) is 15.8. The molecule has 0 heterocycles. The van der Waals surface area contributed by atoms with Gasteiger partial charge in [0, 0.05) is 11.3 Å². The summed E-state index contributed by atoms with van der Waals surface area (Å²) in [6, 6.07) is 10.8. The van der Waals surface area contributed by atoms with Crippen LogP contribution in [0, 0.1) is 5.41 Å². The molecule has 1 aromatic rings. The van der Waals surface area contributed by atoms with E-state index >= 15 is 0 Å². The Kier molecular flexibility index (Phi) is 6.92. The standard InChI is InChI=1S/C20H34OSi/c1-8-9-13-18(17-14-11-10-12-15-17)16-19(20(2,3)4)21-22(5,6)7/h10-12,14-16,18H,8-9,13H2,1-7H3/b19-16-. The topological polar surface area (TPSA) is 9.23 Å². The third-order valence-corrected chi connectivity index (χ3v) is 4.44. The molecular weight excluding hydrogens is 284 g/mol. The molecule has 0 spiro atoms. The van der Waals surface area contributed by atoms with E-state index in [9.17, 15) is 0 Å². The van der Waals surface area contributed by atoms with Gasteiger partial charge in [-0.3, -0.25) is 0 Å². The fraction of sp³-hybridized carbons (Fsp3) is 0.600.